The number of primary amides is 1. The summed E-state index contributed by atoms with van der Waals surface area (Å²) in [5.74, 6) is 0. The van der Waals surface area contributed by atoms with E-state index in [0.29, 0.717) is 13.0 Å². The van der Waals surface area contributed by atoms with Crippen LogP contribution < -0.4 is 5.73 Å². The van der Waals surface area contributed by atoms with Crippen molar-refractivity contribution in [3.8, 4) is 0 Å². The first-order valence-electron chi connectivity index (χ1n) is 3.92. The van der Waals surface area contributed by atoms with Crippen LogP contribution in [0.2, 0.25) is 0 Å². The van der Waals surface area contributed by atoms with Gasteiger partial charge in [-0.25, -0.2) is 4.79 Å². The minimum absolute atomic E-state index is 0.140. The Labute approximate surface area is 81.9 Å². The molecule has 0 spiro atoms. The summed E-state index contributed by atoms with van der Waals surface area (Å²) in [4.78, 5) is 10.5. The van der Waals surface area contributed by atoms with Crippen molar-refractivity contribution >= 4 is 18.7 Å². The van der Waals surface area contributed by atoms with Crippen LogP contribution in [0.3, 0.4) is 0 Å². The lowest BCUT2D eigenvalue weighted by molar-refractivity contribution is -0.167. The summed E-state index contributed by atoms with van der Waals surface area (Å²) in [6.07, 6.45) is -0.999. The molecule has 1 amide bonds. The standard InChI is InChI=1S/C7H13NO4S/c1-10-6-2-4(12-7(8)9)5(13)3-11-6/h4-6,13H,2-3H2,1H3,(H2,8,9). The molecule has 1 saturated heterocycles. The van der Waals surface area contributed by atoms with Crippen LogP contribution in [0.1, 0.15) is 6.42 Å². The Morgan fingerprint density at radius 2 is 2.38 bits per heavy atom. The number of hydrogen-bond acceptors (Lipinski definition) is 5. The molecule has 0 aromatic rings. The number of nitrogens with two attached hydrogens (primary N) is 1. The van der Waals surface area contributed by atoms with E-state index in [2.05, 4.69) is 12.6 Å². The zero-order valence-corrected chi connectivity index (χ0v) is 8.20. The first-order valence-corrected chi connectivity index (χ1v) is 4.43. The summed E-state index contributed by atoms with van der Waals surface area (Å²) in [5, 5.41) is -0.140. The molecule has 1 heterocycles. The summed E-state index contributed by atoms with van der Waals surface area (Å²) in [6, 6.07) is 0. The van der Waals surface area contributed by atoms with E-state index in [1.807, 2.05) is 0 Å². The van der Waals surface area contributed by atoms with Crippen LogP contribution in [-0.2, 0) is 14.2 Å². The third-order valence-corrected chi connectivity index (χ3v) is 2.32. The maximum Gasteiger partial charge on any atom is 0.404 e. The highest BCUT2D eigenvalue weighted by Gasteiger charge is 2.31. The van der Waals surface area contributed by atoms with Crippen LogP contribution in [0.25, 0.3) is 0 Å². The van der Waals surface area contributed by atoms with Gasteiger partial charge in [-0.05, 0) is 0 Å². The molecule has 0 bridgehead atoms. The van der Waals surface area contributed by atoms with Crippen molar-refractivity contribution in [1.29, 1.82) is 0 Å². The predicted octanol–water partition coefficient (Wildman–Crippen LogP) is 0.142. The van der Waals surface area contributed by atoms with E-state index in [1.54, 1.807) is 0 Å². The van der Waals surface area contributed by atoms with Gasteiger partial charge in [-0.2, -0.15) is 12.6 Å². The fourth-order valence-electron chi connectivity index (χ4n) is 1.17. The van der Waals surface area contributed by atoms with Gasteiger partial charge in [0, 0.05) is 13.5 Å². The molecule has 0 aliphatic carbocycles. The Balaban J connectivity index is 2.44. The van der Waals surface area contributed by atoms with Crippen LogP contribution in [0.5, 0.6) is 0 Å². The van der Waals surface area contributed by atoms with E-state index in [9.17, 15) is 4.79 Å². The van der Waals surface area contributed by atoms with Gasteiger partial charge in [0.1, 0.15) is 6.10 Å². The molecule has 5 nitrogen and oxygen atoms in total. The molecule has 3 unspecified atom stereocenters. The van der Waals surface area contributed by atoms with Gasteiger partial charge in [-0.3, -0.25) is 0 Å². The van der Waals surface area contributed by atoms with Gasteiger partial charge in [0.05, 0.1) is 11.9 Å². The van der Waals surface area contributed by atoms with Crippen molar-refractivity contribution in [3.05, 3.63) is 0 Å². The highest BCUT2D eigenvalue weighted by Crippen LogP contribution is 2.21. The van der Waals surface area contributed by atoms with E-state index in [0.717, 1.165) is 0 Å². The summed E-state index contributed by atoms with van der Waals surface area (Å²) >= 11 is 4.20. The van der Waals surface area contributed by atoms with Crippen LogP contribution in [0.15, 0.2) is 0 Å². The van der Waals surface area contributed by atoms with Gasteiger partial charge < -0.3 is 19.9 Å². The number of carbonyl (C=O) groups is 1. The number of carbonyl (C=O) groups excluding carboxylic acids is 1. The molecule has 0 aromatic carbocycles. The SMILES string of the molecule is COC1CC(OC(N)=O)C(S)CO1. The summed E-state index contributed by atoms with van der Waals surface area (Å²) < 4.78 is 15.0. The van der Waals surface area contributed by atoms with Gasteiger partial charge in [-0.1, -0.05) is 0 Å². The quantitative estimate of drug-likeness (QED) is 0.632. The average molecular weight is 207 g/mol. The van der Waals surface area contributed by atoms with E-state index in [-0.39, 0.29) is 17.6 Å². The van der Waals surface area contributed by atoms with E-state index < -0.39 is 6.09 Å². The first kappa shape index (κ1) is 10.6. The molecule has 1 fully saturated rings. The molecule has 2 N–H and O–H groups in total. The van der Waals surface area contributed by atoms with Crippen molar-refractivity contribution < 1.29 is 19.0 Å². The number of rotatable bonds is 2. The lowest BCUT2D eigenvalue weighted by atomic mass is 10.1. The Morgan fingerprint density at radius 3 is 2.92 bits per heavy atom. The maximum absolute atomic E-state index is 10.5. The van der Waals surface area contributed by atoms with Crippen molar-refractivity contribution in [2.75, 3.05) is 13.7 Å². The number of thiol groups is 1. The highest BCUT2D eigenvalue weighted by molar-refractivity contribution is 7.81. The molecule has 1 rings (SSSR count). The maximum atomic E-state index is 10.5. The Bertz CT molecular complexity index is 189. The van der Waals surface area contributed by atoms with Crippen molar-refractivity contribution in [2.24, 2.45) is 5.73 Å². The minimum Gasteiger partial charge on any atom is -0.445 e. The average Bonchev–Trinajstić information content (AvgIpc) is 2.08. The van der Waals surface area contributed by atoms with Gasteiger partial charge in [0.15, 0.2) is 6.29 Å². The number of ether oxygens (including phenoxy) is 3. The fourth-order valence-corrected chi connectivity index (χ4v) is 1.44. The molecule has 13 heavy (non-hydrogen) atoms. The monoisotopic (exact) mass is 207 g/mol. The molecule has 0 radical (unpaired) electrons. The lowest BCUT2D eigenvalue weighted by Gasteiger charge is -2.31. The van der Waals surface area contributed by atoms with E-state index in [1.165, 1.54) is 7.11 Å². The zero-order chi connectivity index (χ0) is 9.84. The molecule has 76 valence electrons. The Kier molecular flexibility index (Phi) is 3.83. The number of methoxy groups -OCH3 is 1. The number of hydrogen-bond donors (Lipinski definition) is 2. The van der Waals surface area contributed by atoms with Crippen molar-refractivity contribution in [3.63, 3.8) is 0 Å². The number of amides is 1. The molecule has 1 aliphatic heterocycles. The second-order valence-corrected chi connectivity index (χ2v) is 3.44. The van der Waals surface area contributed by atoms with E-state index >= 15 is 0 Å². The smallest absolute Gasteiger partial charge is 0.404 e. The first-order chi connectivity index (χ1) is 6.13. The van der Waals surface area contributed by atoms with Crippen LogP contribution in [0.4, 0.5) is 4.79 Å². The van der Waals surface area contributed by atoms with Crippen LogP contribution in [0, 0.1) is 0 Å². The molecule has 0 saturated carbocycles. The summed E-state index contributed by atoms with van der Waals surface area (Å²) in [6.45, 7) is 0.388. The highest BCUT2D eigenvalue weighted by atomic mass is 32.1. The van der Waals surface area contributed by atoms with Crippen molar-refractivity contribution in [1.82, 2.24) is 0 Å². The molecular formula is C7H13NO4S. The Morgan fingerprint density at radius 1 is 1.69 bits per heavy atom. The van der Waals surface area contributed by atoms with Gasteiger partial charge >= 0.3 is 6.09 Å². The van der Waals surface area contributed by atoms with Crippen molar-refractivity contribution in [2.45, 2.75) is 24.1 Å². The largest absolute Gasteiger partial charge is 0.445 e. The second kappa shape index (κ2) is 4.69. The molecular weight excluding hydrogens is 194 g/mol. The van der Waals surface area contributed by atoms with Gasteiger partial charge in [0.2, 0.25) is 0 Å². The third kappa shape index (κ3) is 3.06. The molecule has 1 aliphatic rings. The topological polar surface area (TPSA) is 70.8 Å². The summed E-state index contributed by atoms with van der Waals surface area (Å²) in [7, 11) is 1.53. The Hall–Kier alpha value is -0.460. The van der Waals surface area contributed by atoms with Gasteiger partial charge in [0.25, 0.3) is 0 Å². The van der Waals surface area contributed by atoms with Gasteiger partial charge in [-0.15, -0.1) is 0 Å². The van der Waals surface area contributed by atoms with E-state index in [4.69, 9.17) is 19.9 Å². The lowest BCUT2D eigenvalue weighted by Crippen LogP contribution is -2.42. The van der Waals surface area contributed by atoms with Crippen LogP contribution in [-0.4, -0.2) is 37.5 Å². The molecule has 6 heteroatoms. The minimum atomic E-state index is -0.791. The summed E-state index contributed by atoms with van der Waals surface area (Å²) in [5.41, 5.74) is 4.90. The third-order valence-electron chi connectivity index (χ3n) is 1.84. The zero-order valence-electron chi connectivity index (χ0n) is 7.30. The molecule has 0 aromatic heterocycles. The fraction of sp³-hybridized carbons (Fsp3) is 0.857. The normalized spacial score (nSPS) is 34.2. The second-order valence-electron chi connectivity index (χ2n) is 2.78. The predicted molar refractivity (Wildman–Crippen MR) is 48.6 cm³/mol. The molecule has 3 atom stereocenters. The van der Waals surface area contributed by atoms with Crippen LogP contribution >= 0.6 is 12.6 Å².